The summed E-state index contributed by atoms with van der Waals surface area (Å²) in [4.78, 5) is 41.0. The molecule has 1 N–H and O–H groups in total. The van der Waals surface area contributed by atoms with E-state index in [2.05, 4.69) is 5.32 Å². The molecule has 0 spiro atoms. The number of nitrogens with one attached hydrogen (secondary N) is 1. The molecule has 0 bridgehead atoms. The molecule has 2 aromatic carbocycles. The number of hydrogen-bond donors (Lipinski definition) is 1. The number of anilines is 2. The number of hydrogen-bond acceptors (Lipinski definition) is 6. The first-order valence-electron chi connectivity index (χ1n) is 11.9. The first kappa shape index (κ1) is 24.4. The van der Waals surface area contributed by atoms with Crippen LogP contribution < -0.4 is 24.4 Å². The van der Waals surface area contributed by atoms with Crippen LogP contribution in [0.15, 0.2) is 42.5 Å². The van der Waals surface area contributed by atoms with Gasteiger partial charge in [0.1, 0.15) is 23.8 Å². The van der Waals surface area contributed by atoms with Crippen LogP contribution in [0.4, 0.5) is 11.4 Å². The summed E-state index contributed by atoms with van der Waals surface area (Å²) in [7, 11) is 1.61. The number of fused-ring (bicyclic) bond motifs is 1. The molecular weight excluding hydrogens is 450 g/mol. The zero-order valence-electron chi connectivity index (χ0n) is 20.0. The minimum absolute atomic E-state index is 0.0324. The van der Waals surface area contributed by atoms with Crippen LogP contribution in [0.5, 0.6) is 17.2 Å². The number of ether oxygens (including phenoxy) is 3. The molecule has 0 unspecified atom stereocenters. The molecule has 2 aliphatic rings. The summed E-state index contributed by atoms with van der Waals surface area (Å²) in [6.45, 7) is 1.71. The van der Waals surface area contributed by atoms with Crippen LogP contribution >= 0.6 is 0 Å². The van der Waals surface area contributed by atoms with Crippen LogP contribution in [0.2, 0.25) is 0 Å². The molecule has 9 nitrogen and oxygen atoms in total. The van der Waals surface area contributed by atoms with E-state index in [4.69, 9.17) is 14.2 Å². The van der Waals surface area contributed by atoms with Gasteiger partial charge in [-0.15, -0.1) is 0 Å². The molecule has 2 aliphatic heterocycles. The fourth-order valence-corrected chi connectivity index (χ4v) is 4.15. The average Bonchev–Trinajstić information content (AvgIpc) is 2.89. The third-order valence-corrected chi connectivity index (χ3v) is 6.06. The molecule has 35 heavy (non-hydrogen) atoms. The Morgan fingerprint density at radius 1 is 1.03 bits per heavy atom. The molecular formula is C26H31N3O6. The Morgan fingerprint density at radius 2 is 1.77 bits per heavy atom. The maximum absolute atomic E-state index is 12.8. The number of piperidine rings is 1. The van der Waals surface area contributed by atoms with E-state index >= 15 is 0 Å². The van der Waals surface area contributed by atoms with E-state index < -0.39 is 0 Å². The minimum atomic E-state index is -0.276. The highest BCUT2D eigenvalue weighted by Gasteiger charge is 2.29. The van der Waals surface area contributed by atoms with E-state index in [0.717, 1.165) is 38.1 Å². The maximum atomic E-state index is 12.8. The molecule has 0 atom stereocenters. The van der Waals surface area contributed by atoms with Crippen LogP contribution in [0, 0.1) is 0 Å². The fraction of sp³-hybridized carbons (Fsp3) is 0.423. The molecule has 0 saturated carbocycles. The van der Waals surface area contributed by atoms with Crippen molar-refractivity contribution in [3.8, 4) is 17.2 Å². The zero-order chi connectivity index (χ0) is 24.6. The molecule has 0 aliphatic carbocycles. The Kier molecular flexibility index (Phi) is 8.07. The van der Waals surface area contributed by atoms with Crippen molar-refractivity contribution in [2.24, 2.45) is 0 Å². The molecule has 0 aromatic heterocycles. The van der Waals surface area contributed by atoms with Crippen LogP contribution in [-0.2, 0) is 14.4 Å². The van der Waals surface area contributed by atoms with Crippen molar-refractivity contribution in [1.29, 1.82) is 0 Å². The Bertz CT molecular complexity index is 1050. The normalized spacial score (nSPS) is 15.2. The monoisotopic (exact) mass is 481 g/mol. The lowest BCUT2D eigenvalue weighted by Crippen LogP contribution is -2.47. The maximum Gasteiger partial charge on any atom is 0.265 e. The number of nitrogens with zero attached hydrogens (tertiary/aromatic N) is 2. The minimum Gasteiger partial charge on any atom is -0.497 e. The summed E-state index contributed by atoms with van der Waals surface area (Å²) in [6.07, 6.45) is 3.92. The number of carbonyl (C=O) groups is 3. The van der Waals surface area contributed by atoms with Crippen LogP contribution in [0.3, 0.4) is 0 Å². The Balaban J connectivity index is 1.31. The Hall–Kier alpha value is -3.75. The first-order chi connectivity index (χ1) is 17.0. The SMILES string of the molecule is COc1ccc(OCCCC(=O)Nc2ccc3c(c2)N(CC(=O)N2CCCCC2)C(=O)CO3)cc1. The Labute approximate surface area is 204 Å². The van der Waals surface area contributed by atoms with Gasteiger partial charge in [0.05, 0.1) is 19.4 Å². The highest BCUT2D eigenvalue weighted by Crippen LogP contribution is 2.34. The van der Waals surface area contributed by atoms with Crippen LogP contribution in [0.1, 0.15) is 32.1 Å². The molecule has 4 rings (SSSR count). The summed E-state index contributed by atoms with van der Waals surface area (Å²) >= 11 is 0. The third kappa shape index (κ3) is 6.44. The van der Waals surface area contributed by atoms with Gasteiger partial charge in [0.25, 0.3) is 5.91 Å². The second-order valence-electron chi connectivity index (χ2n) is 8.57. The van der Waals surface area contributed by atoms with Crippen molar-refractivity contribution in [3.63, 3.8) is 0 Å². The second-order valence-corrected chi connectivity index (χ2v) is 8.57. The van der Waals surface area contributed by atoms with E-state index in [1.165, 1.54) is 4.90 Å². The van der Waals surface area contributed by atoms with Gasteiger partial charge in [-0.05, 0) is 68.1 Å². The molecule has 3 amide bonds. The first-order valence-corrected chi connectivity index (χ1v) is 11.9. The Morgan fingerprint density at radius 3 is 2.51 bits per heavy atom. The lowest BCUT2D eigenvalue weighted by molar-refractivity contribution is -0.132. The number of rotatable bonds is 9. The quantitative estimate of drug-likeness (QED) is 0.553. The van der Waals surface area contributed by atoms with E-state index in [0.29, 0.717) is 35.9 Å². The molecule has 2 aromatic rings. The van der Waals surface area contributed by atoms with E-state index in [1.54, 1.807) is 25.3 Å². The molecule has 186 valence electrons. The highest BCUT2D eigenvalue weighted by molar-refractivity contribution is 6.03. The second kappa shape index (κ2) is 11.6. The van der Waals surface area contributed by atoms with Crippen molar-refractivity contribution < 1.29 is 28.6 Å². The van der Waals surface area contributed by atoms with E-state index in [9.17, 15) is 14.4 Å². The van der Waals surface area contributed by atoms with E-state index in [1.807, 2.05) is 29.2 Å². The average molecular weight is 482 g/mol. The van der Waals surface area contributed by atoms with Crippen LogP contribution in [-0.4, -0.2) is 62.6 Å². The zero-order valence-corrected chi connectivity index (χ0v) is 20.0. The van der Waals surface area contributed by atoms with E-state index in [-0.39, 0.29) is 37.3 Å². The van der Waals surface area contributed by atoms with Gasteiger partial charge in [-0.3, -0.25) is 19.3 Å². The third-order valence-electron chi connectivity index (χ3n) is 6.06. The lowest BCUT2D eigenvalue weighted by Gasteiger charge is -2.33. The van der Waals surface area contributed by atoms with Crippen molar-refractivity contribution in [3.05, 3.63) is 42.5 Å². The highest BCUT2D eigenvalue weighted by atomic mass is 16.5. The van der Waals surface area contributed by atoms with Gasteiger partial charge in [0.15, 0.2) is 6.61 Å². The van der Waals surface area contributed by atoms with Gasteiger partial charge in [0.2, 0.25) is 11.8 Å². The molecule has 2 heterocycles. The van der Waals surface area contributed by atoms with Gasteiger partial charge in [-0.25, -0.2) is 0 Å². The predicted octanol–water partition coefficient (Wildman–Crippen LogP) is 3.23. The van der Waals surface area contributed by atoms with Gasteiger partial charge < -0.3 is 24.4 Å². The topological polar surface area (TPSA) is 97.4 Å². The number of benzene rings is 2. The van der Waals surface area contributed by atoms with Crippen LogP contribution in [0.25, 0.3) is 0 Å². The van der Waals surface area contributed by atoms with Crippen molar-refractivity contribution in [2.75, 3.05) is 50.2 Å². The lowest BCUT2D eigenvalue weighted by atomic mass is 10.1. The summed E-state index contributed by atoms with van der Waals surface area (Å²) < 4.78 is 16.3. The number of carbonyl (C=O) groups excluding carboxylic acids is 3. The summed E-state index contributed by atoms with van der Waals surface area (Å²) in [6, 6.07) is 12.4. The van der Waals surface area contributed by atoms with Gasteiger partial charge in [0, 0.05) is 25.2 Å². The molecule has 0 radical (unpaired) electrons. The van der Waals surface area contributed by atoms with Crippen molar-refractivity contribution in [2.45, 2.75) is 32.1 Å². The molecule has 1 saturated heterocycles. The van der Waals surface area contributed by atoms with Crippen molar-refractivity contribution >= 4 is 29.1 Å². The molecule has 9 heteroatoms. The number of amides is 3. The predicted molar refractivity (Wildman–Crippen MR) is 131 cm³/mol. The summed E-state index contributed by atoms with van der Waals surface area (Å²) in [5.74, 6) is 1.47. The molecule has 1 fully saturated rings. The standard InChI is InChI=1S/C26H31N3O6/c1-33-20-8-10-21(11-9-20)34-15-5-6-24(30)27-19-7-12-23-22(16-19)29(26(32)18-35-23)17-25(31)28-13-3-2-4-14-28/h7-12,16H,2-6,13-15,17-18H2,1H3,(H,27,30). The largest absolute Gasteiger partial charge is 0.497 e. The van der Waals surface area contributed by atoms with Gasteiger partial charge in [-0.1, -0.05) is 0 Å². The van der Waals surface area contributed by atoms with Gasteiger partial charge >= 0.3 is 0 Å². The summed E-state index contributed by atoms with van der Waals surface area (Å²) in [5.41, 5.74) is 1.03. The van der Waals surface area contributed by atoms with Gasteiger partial charge in [-0.2, -0.15) is 0 Å². The van der Waals surface area contributed by atoms with Crippen molar-refractivity contribution in [1.82, 2.24) is 4.90 Å². The summed E-state index contributed by atoms with van der Waals surface area (Å²) in [5, 5.41) is 2.86. The number of methoxy groups -OCH3 is 1. The smallest absolute Gasteiger partial charge is 0.265 e. The number of likely N-dealkylation sites (tertiary alicyclic amines) is 1. The fourth-order valence-electron chi connectivity index (χ4n) is 4.15.